The van der Waals surface area contributed by atoms with Crippen LogP contribution in [0.1, 0.15) is 17.2 Å². The molecular formula is C18H18ClNO2S. The van der Waals surface area contributed by atoms with Crippen LogP contribution >= 0.6 is 23.4 Å². The van der Waals surface area contributed by atoms with Gasteiger partial charge in [-0.1, -0.05) is 41.9 Å². The summed E-state index contributed by atoms with van der Waals surface area (Å²) in [5, 5.41) is 10.6. The number of nitrogens with zero attached hydrogens (tertiary/aromatic N) is 1. The van der Waals surface area contributed by atoms with Crippen molar-refractivity contribution in [2.45, 2.75) is 12.5 Å². The lowest BCUT2D eigenvalue weighted by Gasteiger charge is -2.36. The van der Waals surface area contributed by atoms with Crippen molar-refractivity contribution in [2.75, 3.05) is 18.1 Å². The van der Waals surface area contributed by atoms with Crippen molar-refractivity contribution in [1.82, 2.24) is 4.90 Å². The fraction of sp³-hybridized carbons (Fsp3) is 0.278. The second-order valence-corrected chi connectivity index (χ2v) is 7.12. The number of para-hydroxylation sites is 1. The van der Waals surface area contributed by atoms with Gasteiger partial charge in [0, 0.05) is 28.6 Å². The number of halogens is 1. The highest BCUT2D eigenvalue weighted by atomic mass is 35.5. The van der Waals surface area contributed by atoms with Gasteiger partial charge < -0.3 is 10.0 Å². The lowest BCUT2D eigenvalue weighted by molar-refractivity contribution is -0.132. The molecule has 1 N–H and O–H groups in total. The Labute approximate surface area is 145 Å². The summed E-state index contributed by atoms with van der Waals surface area (Å²) in [6.45, 7) is 0.727. The molecule has 3 nitrogen and oxygen atoms in total. The van der Waals surface area contributed by atoms with E-state index in [2.05, 4.69) is 0 Å². The Kier molecular flexibility index (Phi) is 5.13. The molecule has 1 saturated heterocycles. The zero-order chi connectivity index (χ0) is 16.2. The topological polar surface area (TPSA) is 40.5 Å². The highest BCUT2D eigenvalue weighted by Crippen LogP contribution is 2.31. The predicted molar refractivity (Wildman–Crippen MR) is 95.0 cm³/mol. The minimum absolute atomic E-state index is 0.0479. The molecular weight excluding hydrogens is 330 g/mol. The number of carbonyl (C=O) groups is 1. The van der Waals surface area contributed by atoms with E-state index in [1.54, 1.807) is 18.2 Å². The van der Waals surface area contributed by atoms with Crippen LogP contribution in [0.3, 0.4) is 0 Å². The molecule has 1 aliphatic rings. The molecule has 0 spiro atoms. The van der Waals surface area contributed by atoms with E-state index >= 15 is 0 Å². The van der Waals surface area contributed by atoms with Gasteiger partial charge in [0.15, 0.2) is 0 Å². The first kappa shape index (κ1) is 16.2. The smallest absolute Gasteiger partial charge is 0.227 e. The molecule has 1 atom stereocenters. The van der Waals surface area contributed by atoms with Crippen molar-refractivity contribution < 1.29 is 9.90 Å². The number of aromatic hydroxyl groups is 1. The summed E-state index contributed by atoms with van der Waals surface area (Å²) in [5.41, 5.74) is 1.78. The molecule has 0 aromatic heterocycles. The largest absolute Gasteiger partial charge is 0.508 e. The van der Waals surface area contributed by atoms with Crippen LogP contribution in [0.5, 0.6) is 5.75 Å². The number of hydrogen-bond acceptors (Lipinski definition) is 3. The van der Waals surface area contributed by atoms with E-state index < -0.39 is 0 Å². The molecule has 0 aliphatic carbocycles. The molecule has 0 unspecified atom stereocenters. The molecule has 0 radical (unpaired) electrons. The molecule has 3 rings (SSSR count). The Morgan fingerprint density at radius 1 is 1.22 bits per heavy atom. The molecule has 1 aliphatic heterocycles. The third-order valence-electron chi connectivity index (χ3n) is 4.04. The summed E-state index contributed by atoms with van der Waals surface area (Å²) in [5.74, 6) is 2.05. The molecule has 1 amide bonds. The highest BCUT2D eigenvalue weighted by Gasteiger charge is 2.28. The SMILES string of the molecule is O=C(Cc1ccccc1O)N1CCSC[C@@H]1c1ccc(Cl)cc1. The van der Waals surface area contributed by atoms with Crippen molar-refractivity contribution in [3.8, 4) is 5.75 Å². The van der Waals surface area contributed by atoms with Gasteiger partial charge in [0.25, 0.3) is 0 Å². The van der Waals surface area contributed by atoms with E-state index in [0.717, 1.165) is 23.6 Å². The van der Waals surface area contributed by atoms with Crippen molar-refractivity contribution in [1.29, 1.82) is 0 Å². The number of amides is 1. The molecule has 1 heterocycles. The van der Waals surface area contributed by atoms with Crippen LogP contribution in [0.4, 0.5) is 0 Å². The molecule has 23 heavy (non-hydrogen) atoms. The van der Waals surface area contributed by atoms with Gasteiger partial charge in [-0.25, -0.2) is 0 Å². The first-order valence-corrected chi connectivity index (χ1v) is 9.08. The standard InChI is InChI=1S/C18H18ClNO2S/c19-15-7-5-13(6-8-15)16-12-23-10-9-20(16)18(22)11-14-3-1-2-4-17(14)21/h1-8,16,21H,9-12H2/t16-/m1/s1. The summed E-state index contributed by atoms with van der Waals surface area (Å²) in [7, 11) is 0. The second-order valence-electron chi connectivity index (χ2n) is 5.53. The summed E-state index contributed by atoms with van der Waals surface area (Å²) >= 11 is 7.82. The maximum Gasteiger partial charge on any atom is 0.227 e. The molecule has 120 valence electrons. The predicted octanol–water partition coefficient (Wildman–Crippen LogP) is 3.90. The zero-order valence-electron chi connectivity index (χ0n) is 12.6. The van der Waals surface area contributed by atoms with Crippen LogP contribution in [0.2, 0.25) is 5.02 Å². The molecule has 2 aromatic rings. The lowest BCUT2D eigenvalue weighted by Crippen LogP contribution is -2.41. The van der Waals surface area contributed by atoms with Crippen molar-refractivity contribution in [2.24, 2.45) is 0 Å². The Morgan fingerprint density at radius 3 is 2.70 bits per heavy atom. The van der Waals surface area contributed by atoms with Gasteiger partial charge in [0.2, 0.25) is 5.91 Å². The molecule has 0 saturated carbocycles. The molecule has 1 fully saturated rings. The molecule has 5 heteroatoms. The van der Waals surface area contributed by atoms with Crippen LogP contribution in [-0.2, 0) is 11.2 Å². The van der Waals surface area contributed by atoms with Crippen LogP contribution in [0, 0.1) is 0 Å². The van der Waals surface area contributed by atoms with E-state index in [0.29, 0.717) is 10.6 Å². The Hall–Kier alpha value is -1.65. The van der Waals surface area contributed by atoms with Crippen LogP contribution in [0.25, 0.3) is 0 Å². The third kappa shape index (κ3) is 3.82. The maximum atomic E-state index is 12.7. The normalized spacial score (nSPS) is 18.0. The monoisotopic (exact) mass is 347 g/mol. The van der Waals surface area contributed by atoms with Gasteiger partial charge in [-0.05, 0) is 23.8 Å². The summed E-state index contributed by atoms with van der Waals surface area (Å²) in [6.07, 6.45) is 0.224. The Morgan fingerprint density at radius 2 is 1.96 bits per heavy atom. The fourth-order valence-electron chi connectivity index (χ4n) is 2.79. The number of benzene rings is 2. The maximum absolute atomic E-state index is 12.7. The molecule has 2 aromatic carbocycles. The van der Waals surface area contributed by atoms with E-state index in [1.165, 1.54) is 0 Å². The minimum Gasteiger partial charge on any atom is -0.508 e. The average molecular weight is 348 g/mol. The van der Waals surface area contributed by atoms with Gasteiger partial charge in [-0.2, -0.15) is 11.8 Å². The number of phenols is 1. The van der Waals surface area contributed by atoms with Crippen LogP contribution in [0.15, 0.2) is 48.5 Å². The van der Waals surface area contributed by atoms with Gasteiger partial charge >= 0.3 is 0 Å². The van der Waals surface area contributed by atoms with E-state index in [1.807, 2.05) is 47.0 Å². The second kappa shape index (κ2) is 7.28. The number of phenolic OH excluding ortho intramolecular Hbond substituents is 1. The lowest BCUT2D eigenvalue weighted by atomic mass is 10.0. The van der Waals surface area contributed by atoms with Crippen LogP contribution in [-0.4, -0.2) is 34.0 Å². The number of thioether (sulfide) groups is 1. The van der Waals surface area contributed by atoms with Gasteiger partial charge in [0.1, 0.15) is 5.75 Å². The summed E-state index contributed by atoms with van der Waals surface area (Å²) < 4.78 is 0. The van der Waals surface area contributed by atoms with E-state index in [-0.39, 0.29) is 24.1 Å². The van der Waals surface area contributed by atoms with Gasteiger partial charge in [-0.3, -0.25) is 4.79 Å². The van der Waals surface area contributed by atoms with Gasteiger partial charge in [0.05, 0.1) is 12.5 Å². The summed E-state index contributed by atoms with van der Waals surface area (Å²) in [6, 6.07) is 14.8. The fourth-order valence-corrected chi connectivity index (χ4v) is 4.00. The van der Waals surface area contributed by atoms with Crippen molar-refractivity contribution in [3.63, 3.8) is 0 Å². The van der Waals surface area contributed by atoms with Crippen molar-refractivity contribution >= 4 is 29.3 Å². The van der Waals surface area contributed by atoms with Crippen LogP contribution < -0.4 is 0 Å². The number of rotatable bonds is 3. The summed E-state index contributed by atoms with van der Waals surface area (Å²) in [4.78, 5) is 14.7. The first-order chi connectivity index (χ1) is 11.1. The quantitative estimate of drug-likeness (QED) is 0.915. The van der Waals surface area contributed by atoms with Crippen molar-refractivity contribution in [3.05, 3.63) is 64.7 Å². The Bertz CT molecular complexity index is 690. The zero-order valence-corrected chi connectivity index (χ0v) is 14.2. The number of carbonyl (C=O) groups excluding carboxylic acids is 1. The average Bonchev–Trinajstić information content (AvgIpc) is 2.58. The number of hydrogen-bond donors (Lipinski definition) is 1. The highest BCUT2D eigenvalue weighted by molar-refractivity contribution is 7.99. The molecule has 0 bridgehead atoms. The minimum atomic E-state index is 0.0479. The van der Waals surface area contributed by atoms with Gasteiger partial charge in [-0.15, -0.1) is 0 Å². The Balaban J connectivity index is 1.79. The van der Waals surface area contributed by atoms with E-state index in [9.17, 15) is 9.90 Å². The first-order valence-electron chi connectivity index (χ1n) is 7.54. The third-order valence-corrected chi connectivity index (χ3v) is 5.31. The van der Waals surface area contributed by atoms with E-state index in [4.69, 9.17) is 11.6 Å².